The summed E-state index contributed by atoms with van der Waals surface area (Å²) in [6, 6.07) is 5.26. The molecule has 6 heteroatoms. The van der Waals surface area contributed by atoms with Crippen LogP contribution >= 0.6 is 0 Å². The Balaban J connectivity index is 1.78. The number of aryl methyl sites for hydroxylation is 1. The van der Waals surface area contributed by atoms with Gasteiger partial charge in [0.15, 0.2) is 5.78 Å². The van der Waals surface area contributed by atoms with Gasteiger partial charge in [0.2, 0.25) is 0 Å². The molecule has 1 aliphatic carbocycles. The van der Waals surface area contributed by atoms with Gasteiger partial charge in [-0.1, -0.05) is 13.8 Å². The first-order valence-corrected chi connectivity index (χ1v) is 10.3. The van der Waals surface area contributed by atoms with E-state index in [1.165, 1.54) is 0 Å². The lowest BCUT2D eigenvalue weighted by molar-refractivity contribution is -0.110. The van der Waals surface area contributed by atoms with Gasteiger partial charge in [0.1, 0.15) is 0 Å². The number of benzene rings is 1. The normalized spacial score (nSPS) is 18.2. The van der Waals surface area contributed by atoms with Crippen molar-refractivity contribution >= 4 is 34.9 Å². The molecule has 2 N–H and O–H groups in total. The number of aromatic nitrogens is 1. The molecule has 0 saturated heterocycles. The van der Waals surface area contributed by atoms with E-state index < -0.39 is 0 Å². The Bertz CT molecular complexity index is 1120. The van der Waals surface area contributed by atoms with Crippen molar-refractivity contribution in [2.45, 2.75) is 40.5 Å². The van der Waals surface area contributed by atoms with Crippen molar-refractivity contribution in [3.63, 3.8) is 0 Å². The van der Waals surface area contributed by atoms with Crippen LogP contribution in [0, 0.1) is 12.3 Å². The van der Waals surface area contributed by atoms with Crippen LogP contribution in [0.1, 0.15) is 70.4 Å². The number of ketones is 1. The van der Waals surface area contributed by atoms with Crippen molar-refractivity contribution in [1.29, 1.82) is 0 Å². The fourth-order valence-electron chi connectivity index (χ4n) is 4.18. The second kappa shape index (κ2) is 6.97. The largest absolute Gasteiger partial charge is 0.358 e. The molecule has 1 aromatic heterocycles. The third kappa shape index (κ3) is 3.07. The van der Waals surface area contributed by atoms with Crippen LogP contribution in [-0.2, 0) is 11.2 Å². The zero-order chi connectivity index (χ0) is 21.8. The van der Waals surface area contributed by atoms with Gasteiger partial charge in [-0.3, -0.25) is 14.4 Å². The third-order valence-corrected chi connectivity index (χ3v) is 6.37. The molecule has 0 radical (unpaired) electrons. The molecule has 30 heavy (non-hydrogen) atoms. The first-order valence-electron chi connectivity index (χ1n) is 10.3. The highest BCUT2D eigenvalue weighted by Gasteiger charge is 2.37. The molecule has 2 heterocycles. The van der Waals surface area contributed by atoms with Gasteiger partial charge in [-0.2, -0.15) is 0 Å². The van der Waals surface area contributed by atoms with E-state index in [0.29, 0.717) is 28.9 Å². The van der Waals surface area contributed by atoms with Crippen LogP contribution in [0.15, 0.2) is 18.2 Å². The zero-order valence-electron chi connectivity index (χ0n) is 18.1. The fraction of sp³-hybridized carbons (Fsp3) is 0.375. The molecule has 2 aromatic rings. The van der Waals surface area contributed by atoms with Crippen LogP contribution in [0.4, 0.5) is 5.69 Å². The average molecular weight is 405 g/mol. The molecule has 0 unspecified atom stereocenters. The smallest absolute Gasteiger partial charge is 0.256 e. The molecule has 4 rings (SSSR count). The fourth-order valence-corrected chi connectivity index (χ4v) is 4.18. The summed E-state index contributed by atoms with van der Waals surface area (Å²) in [6.07, 6.45) is 3.41. The number of amides is 2. The predicted molar refractivity (Wildman–Crippen MR) is 118 cm³/mol. The van der Waals surface area contributed by atoms with Gasteiger partial charge in [-0.05, 0) is 56.5 Å². The number of hydrogen-bond acceptors (Lipinski definition) is 3. The van der Waals surface area contributed by atoms with E-state index in [9.17, 15) is 14.4 Å². The van der Waals surface area contributed by atoms with Crippen LogP contribution in [0.5, 0.6) is 0 Å². The van der Waals surface area contributed by atoms with Gasteiger partial charge in [0.25, 0.3) is 11.8 Å². The van der Waals surface area contributed by atoms with Gasteiger partial charge in [-0.15, -0.1) is 0 Å². The minimum Gasteiger partial charge on any atom is -0.358 e. The molecule has 0 spiro atoms. The molecular formula is C24H27N3O3. The molecule has 6 nitrogen and oxygen atoms in total. The second-order valence-corrected chi connectivity index (χ2v) is 8.82. The summed E-state index contributed by atoms with van der Waals surface area (Å²) in [5.74, 6) is -0.149. The maximum Gasteiger partial charge on any atom is 0.256 e. The Labute approximate surface area is 176 Å². The molecule has 0 atom stereocenters. The van der Waals surface area contributed by atoms with Crippen molar-refractivity contribution < 1.29 is 14.4 Å². The lowest BCUT2D eigenvalue weighted by atomic mass is 9.74. The van der Waals surface area contributed by atoms with E-state index in [4.69, 9.17) is 0 Å². The Morgan fingerprint density at radius 2 is 2.00 bits per heavy atom. The summed E-state index contributed by atoms with van der Waals surface area (Å²) in [5, 5.41) is 2.87. The van der Waals surface area contributed by atoms with Crippen LogP contribution in [-0.4, -0.2) is 41.1 Å². The maximum atomic E-state index is 12.9. The first kappa shape index (κ1) is 20.1. The van der Waals surface area contributed by atoms with Gasteiger partial charge in [0, 0.05) is 52.8 Å². The van der Waals surface area contributed by atoms with Crippen molar-refractivity contribution in [1.82, 2.24) is 9.88 Å². The average Bonchev–Trinajstić information content (AvgIpc) is 3.20. The molecule has 2 amide bonds. The number of rotatable bonds is 3. The number of fused-ring (bicyclic) bond motifs is 2. The molecule has 0 saturated carbocycles. The number of H-pyrrole nitrogens is 1. The SMILES string of the molecule is CCN(C)C(=O)c1ccc2c(c1)/C(=C/c1[nH]c3c(c1C)C(=O)C(C)(C)CC3)C(=O)N2. The molecule has 0 fully saturated rings. The summed E-state index contributed by atoms with van der Waals surface area (Å²) in [6.45, 7) is 8.41. The van der Waals surface area contributed by atoms with E-state index in [1.807, 2.05) is 27.7 Å². The molecule has 1 aromatic carbocycles. The van der Waals surface area contributed by atoms with Crippen LogP contribution in [0.3, 0.4) is 0 Å². The highest BCUT2D eigenvalue weighted by molar-refractivity contribution is 6.35. The topological polar surface area (TPSA) is 82.3 Å². The highest BCUT2D eigenvalue weighted by atomic mass is 16.2. The monoisotopic (exact) mass is 405 g/mol. The summed E-state index contributed by atoms with van der Waals surface area (Å²) < 4.78 is 0. The molecule has 1 aliphatic heterocycles. The lowest BCUT2D eigenvalue weighted by Crippen LogP contribution is -2.30. The number of carbonyl (C=O) groups is 3. The summed E-state index contributed by atoms with van der Waals surface area (Å²) in [5.41, 5.74) is 5.39. The zero-order valence-corrected chi connectivity index (χ0v) is 18.1. The molecule has 156 valence electrons. The van der Waals surface area contributed by atoms with Crippen molar-refractivity contribution in [2.75, 3.05) is 18.9 Å². The summed E-state index contributed by atoms with van der Waals surface area (Å²) in [4.78, 5) is 43.2. The number of nitrogens with zero attached hydrogens (tertiary/aromatic N) is 1. The number of aromatic amines is 1. The van der Waals surface area contributed by atoms with Crippen molar-refractivity contribution in [3.8, 4) is 0 Å². The van der Waals surface area contributed by atoms with E-state index in [2.05, 4.69) is 10.3 Å². The van der Waals surface area contributed by atoms with Crippen LogP contribution < -0.4 is 5.32 Å². The number of Topliss-reactive ketones (excluding diaryl/α,β-unsaturated/α-hetero) is 1. The van der Waals surface area contributed by atoms with E-state index >= 15 is 0 Å². The van der Waals surface area contributed by atoms with Crippen LogP contribution in [0.25, 0.3) is 11.6 Å². The summed E-state index contributed by atoms with van der Waals surface area (Å²) >= 11 is 0. The Hall–Kier alpha value is -3.15. The quantitative estimate of drug-likeness (QED) is 0.756. The van der Waals surface area contributed by atoms with Gasteiger partial charge in [-0.25, -0.2) is 0 Å². The number of hydrogen-bond donors (Lipinski definition) is 2. The number of nitrogens with one attached hydrogen (secondary N) is 2. The first-order chi connectivity index (χ1) is 14.1. The number of carbonyl (C=O) groups excluding carboxylic acids is 3. The molecule has 0 bridgehead atoms. The highest BCUT2D eigenvalue weighted by Crippen LogP contribution is 2.39. The van der Waals surface area contributed by atoms with Crippen LogP contribution in [0.2, 0.25) is 0 Å². The second-order valence-electron chi connectivity index (χ2n) is 8.82. The minimum absolute atomic E-state index is 0.0849. The van der Waals surface area contributed by atoms with Crippen molar-refractivity contribution in [3.05, 3.63) is 51.8 Å². The van der Waals surface area contributed by atoms with Gasteiger partial charge in [0.05, 0.1) is 5.57 Å². The van der Waals surface area contributed by atoms with E-state index in [0.717, 1.165) is 35.4 Å². The standard InChI is InChI=1S/C24H27N3O3/c1-6-27(5)23(30)14-7-8-17-15(11-14)16(22(29)26-17)12-19-13(2)20-18(25-19)9-10-24(3,4)21(20)28/h7-8,11-12,25H,6,9-10H2,1-5H3,(H,26,29)/b16-12-. The third-order valence-electron chi connectivity index (χ3n) is 6.37. The Kier molecular flexibility index (Phi) is 4.68. The van der Waals surface area contributed by atoms with Crippen molar-refractivity contribution in [2.24, 2.45) is 5.41 Å². The summed E-state index contributed by atoms with van der Waals surface area (Å²) in [7, 11) is 1.75. The van der Waals surface area contributed by atoms with Gasteiger partial charge < -0.3 is 15.2 Å². The molecular weight excluding hydrogens is 378 g/mol. The Morgan fingerprint density at radius 3 is 2.70 bits per heavy atom. The van der Waals surface area contributed by atoms with E-state index in [-0.39, 0.29) is 23.0 Å². The Morgan fingerprint density at radius 1 is 1.27 bits per heavy atom. The minimum atomic E-state index is -0.373. The molecule has 2 aliphatic rings. The number of anilines is 1. The van der Waals surface area contributed by atoms with Gasteiger partial charge >= 0.3 is 0 Å². The maximum absolute atomic E-state index is 12.9. The lowest BCUT2D eigenvalue weighted by Gasteiger charge is -2.28. The predicted octanol–water partition coefficient (Wildman–Crippen LogP) is 4.06. The van der Waals surface area contributed by atoms with E-state index in [1.54, 1.807) is 36.2 Å².